The number of thiazole rings is 1. The summed E-state index contributed by atoms with van der Waals surface area (Å²) in [4.78, 5) is 14.7. The number of carbonyl (C=O) groups excluding carboxylic acids is 1. The molecule has 1 N–H and O–H groups in total. The summed E-state index contributed by atoms with van der Waals surface area (Å²) in [5.74, 6) is -0.333. The van der Waals surface area contributed by atoms with Gasteiger partial charge >= 0.3 is 6.18 Å². The van der Waals surface area contributed by atoms with E-state index < -0.39 is 11.2 Å². The van der Waals surface area contributed by atoms with Gasteiger partial charge in [-0.3, -0.25) is 4.79 Å². The number of hydrogen-bond donors (Lipinski definition) is 1. The maximum Gasteiger partial charge on any atom is 0.443 e. The van der Waals surface area contributed by atoms with Crippen molar-refractivity contribution in [2.45, 2.75) is 25.1 Å². The quantitative estimate of drug-likeness (QED) is 0.832. The van der Waals surface area contributed by atoms with Crippen LogP contribution in [0.3, 0.4) is 0 Å². The first-order valence-corrected chi connectivity index (χ1v) is 5.58. The fraction of sp³-hybridized carbons (Fsp3) is 0.556. The van der Waals surface area contributed by atoms with E-state index in [0.29, 0.717) is 17.4 Å². The molecule has 0 bridgehead atoms. The number of halogens is 3. The molecule has 0 spiro atoms. The van der Waals surface area contributed by atoms with Crippen LogP contribution in [0.1, 0.15) is 27.5 Å². The van der Waals surface area contributed by atoms with Crippen LogP contribution in [0, 0.1) is 0 Å². The number of nitrogens with one attached hydrogen (secondary N) is 1. The average molecular weight is 250 g/mol. The summed E-state index contributed by atoms with van der Waals surface area (Å²) < 4.78 is 36.6. The molecule has 1 heterocycles. The minimum atomic E-state index is -4.47. The van der Waals surface area contributed by atoms with Crippen molar-refractivity contribution in [2.24, 2.45) is 0 Å². The lowest BCUT2D eigenvalue weighted by atomic mass is 10.3. The van der Waals surface area contributed by atoms with Crippen LogP contribution >= 0.6 is 11.3 Å². The molecule has 0 radical (unpaired) electrons. The van der Waals surface area contributed by atoms with Gasteiger partial charge in [0.2, 0.25) is 0 Å². The van der Waals surface area contributed by atoms with Crippen LogP contribution in [0.25, 0.3) is 0 Å². The van der Waals surface area contributed by atoms with E-state index in [1.807, 2.05) is 0 Å². The number of carbonyl (C=O) groups is 1. The predicted molar refractivity (Wildman–Crippen MR) is 52.5 cm³/mol. The first-order valence-electron chi connectivity index (χ1n) is 4.76. The van der Waals surface area contributed by atoms with Gasteiger partial charge in [0.1, 0.15) is 0 Å². The van der Waals surface area contributed by atoms with Crippen LogP contribution in [-0.4, -0.2) is 23.4 Å². The molecule has 7 heteroatoms. The molecule has 1 aliphatic rings. The van der Waals surface area contributed by atoms with Crippen molar-refractivity contribution in [3.63, 3.8) is 0 Å². The second-order valence-electron chi connectivity index (χ2n) is 3.61. The summed E-state index contributed by atoms with van der Waals surface area (Å²) in [5, 5.41) is 1.98. The third kappa shape index (κ3) is 2.79. The summed E-state index contributed by atoms with van der Waals surface area (Å²) in [6, 6.07) is 0.360. The van der Waals surface area contributed by atoms with Gasteiger partial charge in [0, 0.05) is 12.2 Å². The van der Waals surface area contributed by atoms with Gasteiger partial charge in [0.05, 0.1) is 11.4 Å². The van der Waals surface area contributed by atoms with Crippen LogP contribution in [0.2, 0.25) is 0 Å². The smallest absolute Gasteiger partial charge is 0.307 e. The number of Topliss-reactive ketones (excluding diaryl/α,β-unsaturated/α-hetero) is 1. The van der Waals surface area contributed by atoms with Crippen LogP contribution in [0.4, 0.5) is 13.2 Å². The molecular weight excluding hydrogens is 241 g/mol. The highest BCUT2D eigenvalue weighted by molar-refractivity contribution is 7.13. The Balaban J connectivity index is 1.97. The van der Waals surface area contributed by atoms with Crippen molar-refractivity contribution in [1.82, 2.24) is 10.3 Å². The Morgan fingerprint density at radius 2 is 2.25 bits per heavy atom. The molecule has 0 amide bonds. The van der Waals surface area contributed by atoms with E-state index in [4.69, 9.17) is 0 Å². The highest BCUT2D eigenvalue weighted by Gasteiger charge is 2.35. The molecule has 1 aromatic heterocycles. The van der Waals surface area contributed by atoms with Crippen molar-refractivity contribution in [2.75, 3.05) is 6.54 Å². The molecular formula is C9H9F3N2OS. The Bertz CT molecular complexity index is 398. The molecule has 88 valence electrons. The largest absolute Gasteiger partial charge is 0.443 e. The Kier molecular flexibility index (Phi) is 2.98. The highest BCUT2D eigenvalue weighted by Crippen LogP contribution is 2.32. The normalized spacial score (nSPS) is 16.4. The fourth-order valence-corrected chi connectivity index (χ4v) is 1.87. The zero-order valence-electron chi connectivity index (χ0n) is 8.17. The van der Waals surface area contributed by atoms with Gasteiger partial charge < -0.3 is 5.32 Å². The lowest BCUT2D eigenvalue weighted by molar-refractivity contribution is -0.137. The number of alkyl halides is 3. The molecule has 0 saturated heterocycles. The Morgan fingerprint density at radius 3 is 2.75 bits per heavy atom. The second kappa shape index (κ2) is 4.14. The van der Waals surface area contributed by atoms with E-state index in [1.165, 1.54) is 0 Å². The number of ketones is 1. The molecule has 1 saturated carbocycles. The summed E-state index contributed by atoms with van der Waals surface area (Å²) >= 11 is 0.394. The molecule has 2 rings (SSSR count). The van der Waals surface area contributed by atoms with Crippen molar-refractivity contribution >= 4 is 17.1 Å². The maximum absolute atomic E-state index is 12.2. The number of hydrogen-bond acceptors (Lipinski definition) is 4. The molecule has 0 aromatic carbocycles. The van der Waals surface area contributed by atoms with Crippen molar-refractivity contribution in [3.05, 3.63) is 16.1 Å². The predicted octanol–water partition coefficient (Wildman–Crippen LogP) is 2.10. The highest BCUT2D eigenvalue weighted by atomic mass is 32.1. The van der Waals surface area contributed by atoms with Gasteiger partial charge in [-0.25, -0.2) is 4.98 Å². The zero-order chi connectivity index (χ0) is 11.8. The van der Waals surface area contributed by atoms with E-state index in [9.17, 15) is 18.0 Å². The van der Waals surface area contributed by atoms with Crippen molar-refractivity contribution in [1.29, 1.82) is 0 Å². The van der Waals surface area contributed by atoms with Gasteiger partial charge in [-0.15, -0.1) is 11.3 Å². The van der Waals surface area contributed by atoms with Crippen LogP contribution in [0.5, 0.6) is 0 Å². The third-order valence-electron chi connectivity index (χ3n) is 2.15. The van der Waals surface area contributed by atoms with Gasteiger partial charge in [-0.05, 0) is 12.8 Å². The van der Waals surface area contributed by atoms with E-state index in [1.54, 1.807) is 0 Å². The third-order valence-corrected chi connectivity index (χ3v) is 3.23. The first-order chi connectivity index (χ1) is 7.47. The fourth-order valence-electron chi connectivity index (χ4n) is 1.15. The number of nitrogens with zero attached hydrogens (tertiary/aromatic N) is 1. The zero-order valence-corrected chi connectivity index (χ0v) is 8.99. The van der Waals surface area contributed by atoms with E-state index in [0.717, 1.165) is 19.0 Å². The molecule has 1 aliphatic carbocycles. The minimum Gasteiger partial charge on any atom is -0.307 e. The van der Waals surface area contributed by atoms with Gasteiger partial charge in [0.15, 0.2) is 10.8 Å². The van der Waals surface area contributed by atoms with Crippen LogP contribution in [-0.2, 0) is 6.18 Å². The number of rotatable bonds is 4. The van der Waals surface area contributed by atoms with E-state index in [2.05, 4.69) is 10.3 Å². The van der Waals surface area contributed by atoms with E-state index in [-0.39, 0.29) is 17.2 Å². The monoisotopic (exact) mass is 250 g/mol. The molecule has 0 aliphatic heterocycles. The summed E-state index contributed by atoms with van der Waals surface area (Å²) in [6.45, 7) is 0.0875. The summed E-state index contributed by atoms with van der Waals surface area (Å²) in [7, 11) is 0. The van der Waals surface area contributed by atoms with Crippen molar-refractivity contribution in [3.8, 4) is 0 Å². The van der Waals surface area contributed by atoms with Crippen LogP contribution < -0.4 is 5.32 Å². The standard InChI is InChI=1S/C9H9F3N2OS/c10-9(11,12)8-14-4-7(16-8)6(15)3-13-5-1-2-5/h4-5,13H,1-3H2. The van der Waals surface area contributed by atoms with E-state index >= 15 is 0 Å². The molecule has 1 fully saturated rings. The Hall–Kier alpha value is -0.950. The molecule has 0 unspecified atom stereocenters. The lowest BCUT2D eigenvalue weighted by Gasteiger charge is -2.00. The van der Waals surface area contributed by atoms with Gasteiger partial charge in [-0.2, -0.15) is 13.2 Å². The molecule has 1 aromatic rings. The summed E-state index contributed by atoms with van der Waals surface area (Å²) in [5.41, 5.74) is 0. The van der Waals surface area contributed by atoms with Gasteiger partial charge in [-0.1, -0.05) is 0 Å². The molecule has 16 heavy (non-hydrogen) atoms. The molecule has 0 atom stereocenters. The average Bonchev–Trinajstić information content (AvgIpc) is 2.86. The minimum absolute atomic E-state index is 0.0560. The Morgan fingerprint density at radius 1 is 1.56 bits per heavy atom. The number of aromatic nitrogens is 1. The second-order valence-corrected chi connectivity index (χ2v) is 4.64. The first kappa shape index (κ1) is 11.5. The molecule has 3 nitrogen and oxygen atoms in total. The van der Waals surface area contributed by atoms with Crippen LogP contribution in [0.15, 0.2) is 6.20 Å². The Labute approximate surface area is 93.7 Å². The van der Waals surface area contributed by atoms with Gasteiger partial charge in [0.25, 0.3) is 0 Å². The lowest BCUT2D eigenvalue weighted by Crippen LogP contribution is -2.24. The topological polar surface area (TPSA) is 42.0 Å². The SMILES string of the molecule is O=C(CNC1CC1)c1cnc(C(F)(F)F)s1. The maximum atomic E-state index is 12.2. The summed E-state index contributed by atoms with van der Waals surface area (Å²) in [6.07, 6.45) is -1.41. The van der Waals surface area contributed by atoms with Crippen molar-refractivity contribution < 1.29 is 18.0 Å².